The molecule has 8 nitrogen and oxygen atoms in total. The lowest BCUT2D eigenvalue weighted by Gasteiger charge is -2.29. The van der Waals surface area contributed by atoms with E-state index in [1.165, 1.54) is 37.3 Å². The summed E-state index contributed by atoms with van der Waals surface area (Å²) in [4.78, 5) is 23.1. The normalized spacial score (nSPS) is 12.3. The van der Waals surface area contributed by atoms with Crippen LogP contribution in [0.5, 0.6) is 0 Å². The Labute approximate surface area is 172 Å². The smallest absolute Gasteiger partial charge is 0.271 e. The van der Waals surface area contributed by atoms with Crippen LogP contribution >= 0.6 is 23.2 Å². The molecule has 0 fully saturated rings. The van der Waals surface area contributed by atoms with E-state index in [-0.39, 0.29) is 11.4 Å². The number of nitro benzene ring substituents is 1. The first-order chi connectivity index (χ1) is 12.9. The molecule has 1 amide bonds. The lowest BCUT2D eigenvalue weighted by Crippen LogP contribution is -2.45. The van der Waals surface area contributed by atoms with Crippen LogP contribution in [0, 0.1) is 17.0 Å². The molecule has 0 saturated heterocycles. The molecule has 0 bridgehead atoms. The monoisotopic (exact) mass is 445 g/mol. The van der Waals surface area contributed by atoms with Gasteiger partial charge in [-0.2, -0.15) is 0 Å². The second kappa shape index (κ2) is 8.34. The van der Waals surface area contributed by atoms with Gasteiger partial charge in [0.15, 0.2) is 0 Å². The van der Waals surface area contributed by atoms with Crippen LogP contribution in [-0.2, 0) is 14.8 Å². The average molecular weight is 446 g/mol. The van der Waals surface area contributed by atoms with E-state index in [0.29, 0.717) is 21.3 Å². The topological polar surface area (TPSA) is 110 Å². The molecule has 1 N–H and O–H groups in total. The van der Waals surface area contributed by atoms with E-state index in [4.69, 9.17) is 23.2 Å². The van der Waals surface area contributed by atoms with Crippen molar-refractivity contribution in [3.8, 4) is 0 Å². The minimum atomic E-state index is -3.94. The maximum absolute atomic E-state index is 12.7. The van der Waals surface area contributed by atoms with Crippen LogP contribution in [0.2, 0.25) is 10.0 Å². The molecule has 0 spiro atoms. The third kappa shape index (κ3) is 5.12. The van der Waals surface area contributed by atoms with Gasteiger partial charge in [-0.3, -0.25) is 19.2 Å². The van der Waals surface area contributed by atoms with Crippen molar-refractivity contribution >= 4 is 56.2 Å². The number of non-ortho nitro benzene ring substituents is 1. The van der Waals surface area contributed by atoms with Gasteiger partial charge in [0, 0.05) is 27.9 Å². The number of amides is 1. The van der Waals surface area contributed by atoms with E-state index >= 15 is 0 Å². The van der Waals surface area contributed by atoms with Gasteiger partial charge in [-0.15, -0.1) is 0 Å². The van der Waals surface area contributed by atoms with Crippen molar-refractivity contribution in [1.29, 1.82) is 0 Å². The van der Waals surface area contributed by atoms with Crippen molar-refractivity contribution in [2.45, 2.75) is 19.9 Å². The SMILES string of the molecule is Cc1ccc([N+](=O)[O-])cc1N([C@H](C)C(=O)Nc1cc(Cl)cc(Cl)c1)S(C)(=O)=O. The maximum atomic E-state index is 12.7. The molecule has 1 atom stereocenters. The minimum absolute atomic E-state index is 0.0449. The third-order valence-corrected chi connectivity index (χ3v) is 5.52. The fourth-order valence-electron chi connectivity index (χ4n) is 2.60. The summed E-state index contributed by atoms with van der Waals surface area (Å²) >= 11 is 11.8. The molecular weight excluding hydrogens is 429 g/mol. The van der Waals surface area contributed by atoms with Gasteiger partial charge < -0.3 is 5.32 Å². The molecular formula is C17H17Cl2N3O5S. The second-order valence-corrected chi connectivity index (χ2v) is 8.84. The highest BCUT2D eigenvalue weighted by atomic mass is 35.5. The summed E-state index contributed by atoms with van der Waals surface area (Å²) < 4.78 is 25.7. The molecule has 11 heteroatoms. The number of carbonyl (C=O) groups excluding carboxylic acids is 1. The molecule has 0 aliphatic heterocycles. The Morgan fingerprint density at radius 3 is 2.25 bits per heavy atom. The highest BCUT2D eigenvalue weighted by molar-refractivity contribution is 7.92. The molecule has 0 aliphatic carbocycles. The number of hydrogen-bond acceptors (Lipinski definition) is 5. The van der Waals surface area contributed by atoms with E-state index in [1.807, 2.05) is 0 Å². The number of carbonyl (C=O) groups is 1. The van der Waals surface area contributed by atoms with Gasteiger partial charge in [-0.1, -0.05) is 29.3 Å². The molecule has 0 aliphatic rings. The Balaban J connectivity index is 2.45. The zero-order valence-corrected chi connectivity index (χ0v) is 17.5. The van der Waals surface area contributed by atoms with Gasteiger partial charge >= 0.3 is 0 Å². The Bertz CT molecular complexity index is 1020. The fraction of sp³-hybridized carbons (Fsp3) is 0.235. The van der Waals surface area contributed by atoms with Gasteiger partial charge in [0.2, 0.25) is 15.9 Å². The Kier molecular flexibility index (Phi) is 6.53. The third-order valence-electron chi connectivity index (χ3n) is 3.86. The van der Waals surface area contributed by atoms with E-state index in [0.717, 1.165) is 16.6 Å². The number of halogens is 2. The predicted molar refractivity (Wildman–Crippen MR) is 110 cm³/mol. The first kappa shape index (κ1) is 21.9. The predicted octanol–water partition coefficient (Wildman–Crippen LogP) is 4.00. The Morgan fingerprint density at radius 1 is 1.18 bits per heavy atom. The Hall–Kier alpha value is -2.36. The minimum Gasteiger partial charge on any atom is -0.324 e. The van der Waals surface area contributed by atoms with Crippen molar-refractivity contribution in [3.63, 3.8) is 0 Å². The van der Waals surface area contributed by atoms with Crippen molar-refractivity contribution in [1.82, 2.24) is 0 Å². The highest BCUT2D eigenvalue weighted by Crippen LogP contribution is 2.30. The average Bonchev–Trinajstić information content (AvgIpc) is 2.54. The van der Waals surface area contributed by atoms with Gasteiger partial charge in [-0.05, 0) is 37.6 Å². The van der Waals surface area contributed by atoms with Crippen molar-refractivity contribution in [2.75, 3.05) is 15.9 Å². The highest BCUT2D eigenvalue weighted by Gasteiger charge is 2.31. The zero-order chi connectivity index (χ0) is 21.2. The number of nitro groups is 1. The van der Waals surface area contributed by atoms with Gasteiger partial charge in [0.05, 0.1) is 16.9 Å². The maximum Gasteiger partial charge on any atom is 0.271 e. The number of anilines is 2. The largest absolute Gasteiger partial charge is 0.324 e. The van der Waals surface area contributed by atoms with Gasteiger partial charge in [0.1, 0.15) is 6.04 Å². The van der Waals surface area contributed by atoms with E-state index in [1.54, 1.807) is 6.92 Å². The molecule has 150 valence electrons. The molecule has 0 unspecified atom stereocenters. The van der Waals surface area contributed by atoms with Crippen LogP contribution in [0.25, 0.3) is 0 Å². The van der Waals surface area contributed by atoms with Gasteiger partial charge in [0.25, 0.3) is 5.69 Å². The summed E-state index contributed by atoms with van der Waals surface area (Å²) in [5.74, 6) is -0.658. The molecule has 2 aromatic carbocycles. The number of nitrogens with zero attached hydrogens (tertiary/aromatic N) is 2. The van der Waals surface area contributed by atoms with Crippen molar-refractivity contribution in [3.05, 3.63) is 62.1 Å². The number of aryl methyl sites for hydroxylation is 1. The number of sulfonamides is 1. The number of nitrogens with one attached hydrogen (secondary N) is 1. The molecule has 0 saturated carbocycles. The van der Waals surface area contributed by atoms with Crippen LogP contribution in [0.15, 0.2) is 36.4 Å². The van der Waals surface area contributed by atoms with Crippen LogP contribution < -0.4 is 9.62 Å². The lowest BCUT2D eigenvalue weighted by atomic mass is 10.1. The van der Waals surface area contributed by atoms with Crippen LogP contribution in [0.4, 0.5) is 17.1 Å². The number of rotatable bonds is 6. The molecule has 0 heterocycles. The molecule has 0 aromatic heterocycles. The van der Waals surface area contributed by atoms with E-state index in [2.05, 4.69) is 5.32 Å². The first-order valence-corrected chi connectivity index (χ1v) is 10.5. The van der Waals surface area contributed by atoms with Crippen LogP contribution in [0.3, 0.4) is 0 Å². The summed E-state index contributed by atoms with van der Waals surface area (Å²) in [6, 6.07) is 7.01. The fourth-order valence-corrected chi connectivity index (χ4v) is 4.35. The first-order valence-electron chi connectivity index (χ1n) is 7.91. The van der Waals surface area contributed by atoms with Crippen LogP contribution in [0.1, 0.15) is 12.5 Å². The summed E-state index contributed by atoms with van der Waals surface area (Å²) in [6.45, 7) is 2.97. The summed E-state index contributed by atoms with van der Waals surface area (Å²) in [5.41, 5.74) is 0.506. The lowest BCUT2D eigenvalue weighted by molar-refractivity contribution is -0.384. The summed E-state index contributed by atoms with van der Waals surface area (Å²) in [5, 5.41) is 14.2. The second-order valence-electron chi connectivity index (χ2n) is 6.11. The number of benzene rings is 2. The molecule has 0 radical (unpaired) electrons. The Morgan fingerprint density at radius 2 is 1.75 bits per heavy atom. The van der Waals surface area contributed by atoms with E-state index in [9.17, 15) is 23.3 Å². The summed E-state index contributed by atoms with van der Waals surface area (Å²) in [7, 11) is -3.94. The molecule has 28 heavy (non-hydrogen) atoms. The number of hydrogen-bond donors (Lipinski definition) is 1. The molecule has 2 aromatic rings. The van der Waals surface area contributed by atoms with Gasteiger partial charge in [-0.25, -0.2) is 8.42 Å². The van der Waals surface area contributed by atoms with Crippen LogP contribution in [-0.4, -0.2) is 31.5 Å². The zero-order valence-electron chi connectivity index (χ0n) is 15.1. The van der Waals surface area contributed by atoms with Crippen molar-refractivity contribution in [2.24, 2.45) is 0 Å². The molecule has 2 rings (SSSR count). The quantitative estimate of drug-likeness (QED) is 0.533. The van der Waals surface area contributed by atoms with Crippen molar-refractivity contribution < 1.29 is 18.1 Å². The van der Waals surface area contributed by atoms with E-state index < -0.39 is 26.9 Å². The summed E-state index contributed by atoms with van der Waals surface area (Å²) in [6.07, 6.45) is 0.922. The standard InChI is InChI=1S/C17H17Cl2N3O5S/c1-10-4-5-15(22(24)25)9-16(10)21(28(3,26)27)11(2)17(23)20-14-7-12(18)6-13(19)8-14/h4-9,11H,1-3H3,(H,20,23)/t11-/m1/s1.